The summed E-state index contributed by atoms with van der Waals surface area (Å²) in [5.41, 5.74) is 0. The quantitative estimate of drug-likeness (QED) is 0.329. The van der Waals surface area contributed by atoms with Gasteiger partial charge in [0.2, 0.25) is 0 Å². The van der Waals surface area contributed by atoms with Crippen molar-refractivity contribution in [2.75, 3.05) is 24.6 Å². The van der Waals surface area contributed by atoms with Gasteiger partial charge in [-0.2, -0.15) is 0 Å². The van der Waals surface area contributed by atoms with Crippen molar-refractivity contribution in [3.8, 4) is 0 Å². The number of hydrogen-bond donors (Lipinski definition) is 1. The number of nitrogens with zero attached hydrogens (tertiary/aromatic N) is 1. The minimum absolute atomic E-state index is 0.737. The van der Waals surface area contributed by atoms with Crippen molar-refractivity contribution in [3.63, 3.8) is 0 Å². The fourth-order valence-corrected chi connectivity index (χ4v) is 8.62. The van der Waals surface area contributed by atoms with Gasteiger partial charge in [0.05, 0.1) is 37.3 Å². The molecule has 2 nitrogen and oxygen atoms in total. The summed E-state index contributed by atoms with van der Waals surface area (Å²) in [5, 5.41) is 0. The highest BCUT2D eigenvalue weighted by Crippen LogP contribution is 2.61. The molecule has 0 atom stereocenters. The van der Waals surface area contributed by atoms with E-state index in [2.05, 4.69) is 43.1 Å². The van der Waals surface area contributed by atoms with Gasteiger partial charge in [-0.05, 0) is 25.7 Å². The van der Waals surface area contributed by atoms with Crippen LogP contribution in [0, 0.1) is 0 Å². The third-order valence-corrected chi connectivity index (χ3v) is 10.1. The number of H-pyrrole nitrogens is 1. The van der Waals surface area contributed by atoms with Gasteiger partial charge < -0.3 is 0 Å². The Morgan fingerprint density at radius 2 is 1.48 bits per heavy atom. The molecule has 0 fully saturated rings. The molecule has 132 valence electrons. The molecule has 0 aliphatic rings. The first-order valence-corrected chi connectivity index (χ1v) is 12.3. The third kappa shape index (κ3) is 7.21. The van der Waals surface area contributed by atoms with Gasteiger partial charge in [-0.25, -0.2) is 9.55 Å². The van der Waals surface area contributed by atoms with Crippen molar-refractivity contribution in [3.05, 3.63) is 24.8 Å². The van der Waals surface area contributed by atoms with Crippen LogP contribution in [0.5, 0.6) is 0 Å². The molecule has 1 N–H and O–H groups in total. The van der Waals surface area contributed by atoms with Crippen LogP contribution < -0.4 is 4.57 Å². The van der Waals surface area contributed by atoms with E-state index in [1.807, 2.05) is 12.4 Å². The standard InChI is InChI=1S/C20H38N2P/c1-5-9-16-23(17-10-6-2,18-11-7-3)19-12-13-20-21-14-15-22(20)8-4/h8,14-15H,4-7,9-13,16-19H2,1-3H3/q+1/p+1. The molecule has 0 saturated carbocycles. The Labute approximate surface area is 145 Å². The number of hydrogen-bond acceptors (Lipinski definition) is 0. The van der Waals surface area contributed by atoms with Crippen LogP contribution in [0.4, 0.5) is 0 Å². The predicted octanol–water partition coefficient (Wildman–Crippen LogP) is 5.75. The molecule has 0 aliphatic carbocycles. The highest BCUT2D eigenvalue weighted by atomic mass is 31.2. The van der Waals surface area contributed by atoms with Gasteiger partial charge in [0, 0.05) is 7.26 Å². The Balaban J connectivity index is 2.66. The van der Waals surface area contributed by atoms with Crippen LogP contribution in [0.25, 0.3) is 6.20 Å². The van der Waals surface area contributed by atoms with Crippen molar-refractivity contribution in [1.82, 2.24) is 4.98 Å². The van der Waals surface area contributed by atoms with E-state index in [4.69, 9.17) is 0 Å². The minimum Gasteiger partial charge on any atom is -0.247 e. The van der Waals surface area contributed by atoms with Crippen LogP contribution in [-0.2, 0) is 6.42 Å². The Kier molecular flexibility index (Phi) is 10.5. The van der Waals surface area contributed by atoms with Gasteiger partial charge in [0.15, 0.2) is 0 Å². The maximum Gasteiger partial charge on any atom is 0.258 e. The Morgan fingerprint density at radius 1 is 0.957 bits per heavy atom. The summed E-state index contributed by atoms with van der Waals surface area (Å²) in [4.78, 5) is 3.38. The number of rotatable bonds is 14. The van der Waals surface area contributed by atoms with E-state index >= 15 is 0 Å². The molecule has 1 aromatic heterocycles. The SMILES string of the molecule is C=C[n+]1cc[nH]c1CCC[P+](CCCC)(CCCC)CCCC. The minimum atomic E-state index is -0.737. The van der Waals surface area contributed by atoms with Gasteiger partial charge in [-0.15, -0.1) is 0 Å². The van der Waals surface area contributed by atoms with E-state index in [0.29, 0.717) is 0 Å². The molecule has 1 rings (SSSR count). The van der Waals surface area contributed by atoms with Crippen LogP contribution in [0.1, 0.15) is 71.5 Å². The monoisotopic (exact) mass is 338 g/mol. The zero-order valence-electron chi connectivity index (χ0n) is 15.8. The molecular weight excluding hydrogens is 299 g/mol. The summed E-state index contributed by atoms with van der Waals surface area (Å²) in [6.45, 7) is 10.9. The normalized spacial score (nSPS) is 11.8. The first-order chi connectivity index (χ1) is 11.2. The maximum absolute atomic E-state index is 3.89. The van der Waals surface area contributed by atoms with Crippen LogP contribution in [-0.4, -0.2) is 29.6 Å². The average Bonchev–Trinajstić information content (AvgIpc) is 3.03. The molecule has 0 spiro atoms. The second kappa shape index (κ2) is 11.8. The first kappa shape index (κ1) is 20.4. The number of aromatic nitrogens is 2. The van der Waals surface area contributed by atoms with Crippen LogP contribution in [0.2, 0.25) is 0 Å². The van der Waals surface area contributed by atoms with Gasteiger partial charge in [0.1, 0.15) is 12.4 Å². The largest absolute Gasteiger partial charge is 0.258 e. The number of aryl methyl sites for hydroxylation is 1. The fourth-order valence-electron chi connectivity index (χ4n) is 3.48. The molecule has 3 heteroatoms. The second-order valence-electron chi connectivity index (χ2n) is 6.90. The van der Waals surface area contributed by atoms with Crippen LogP contribution >= 0.6 is 7.26 Å². The van der Waals surface area contributed by atoms with E-state index < -0.39 is 7.26 Å². The van der Waals surface area contributed by atoms with Crippen LogP contribution in [0.15, 0.2) is 19.0 Å². The Morgan fingerprint density at radius 3 is 1.96 bits per heavy atom. The highest BCUT2D eigenvalue weighted by molar-refractivity contribution is 7.75. The Hall–Kier alpha value is -0.620. The molecule has 0 aliphatic heterocycles. The zero-order valence-corrected chi connectivity index (χ0v) is 16.7. The average molecular weight is 339 g/mol. The summed E-state index contributed by atoms with van der Waals surface area (Å²) in [7, 11) is -0.737. The van der Waals surface area contributed by atoms with E-state index in [1.165, 1.54) is 75.4 Å². The van der Waals surface area contributed by atoms with Gasteiger partial charge in [0.25, 0.3) is 5.82 Å². The second-order valence-corrected chi connectivity index (χ2v) is 11.4. The molecule has 0 bridgehead atoms. The third-order valence-electron chi connectivity index (χ3n) is 5.00. The van der Waals surface area contributed by atoms with Gasteiger partial charge >= 0.3 is 0 Å². The lowest BCUT2D eigenvalue weighted by Crippen LogP contribution is -2.28. The summed E-state index contributed by atoms with van der Waals surface area (Å²) >= 11 is 0. The molecule has 1 heterocycles. The van der Waals surface area contributed by atoms with E-state index in [0.717, 1.165) is 6.42 Å². The topological polar surface area (TPSA) is 19.7 Å². The lowest BCUT2D eigenvalue weighted by atomic mass is 10.3. The van der Waals surface area contributed by atoms with Crippen molar-refractivity contribution in [1.29, 1.82) is 0 Å². The van der Waals surface area contributed by atoms with Crippen molar-refractivity contribution in [2.45, 2.75) is 72.1 Å². The molecule has 0 aromatic carbocycles. The summed E-state index contributed by atoms with van der Waals surface area (Å²) in [6, 6.07) is 0. The van der Waals surface area contributed by atoms with Crippen molar-refractivity contribution in [2.24, 2.45) is 0 Å². The lowest BCUT2D eigenvalue weighted by molar-refractivity contribution is -0.575. The Bertz CT molecular complexity index is 403. The summed E-state index contributed by atoms with van der Waals surface area (Å²) < 4.78 is 2.13. The van der Waals surface area contributed by atoms with Crippen molar-refractivity contribution < 1.29 is 4.57 Å². The smallest absolute Gasteiger partial charge is 0.247 e. The number of aromatic amines is 1. The molecule has 23 heavy (non-hydrogen) atoms. The van der Waals surface area contributed by atoms with Crippen LogP contribution in [0.3, 0.4) is 0 Å². The van der Waals surface area contributed by atoms with E-state index in [9.17, 15) is 0 Å². The number of imidazole rings is 1. The molecular formula is C20H39N2P+2. The number of unbranched alkanes of at least 4 members (excludes halogenated alkanes) is 3. The maximum atomic E-state index is 3.89. The highest BCUT2D eigenvalue weighted by Gasteiger charge is 2.35. The van der Waals surface area contributed by atoms with Gasteiger partial charge in [-0.1, -0.05) is 46.6 Å². The molecule has 0 amide bonds. The van der Waals surface area contributed by atoms with Gasteiger partial charge in [-0.3, -0.25) is 0 Å². The molecule has 0 unspecified atom stereocenters. The predicted molar refractivity (Wildman–Crippen MR) is 107 cm³/mol. The molecule has 0 saturated heterocycles. The molecule has 0 radical (unpaired) electrons. The first-order valence-electron chi connectivity index (χ1n) is 9.76. The molecule has 1 aromatic rings. The summed E-state index contributed by atoms with van der Waals surface area (Å²) in [5.74, 6) is 1.31. The fraction of sp³-hybridized carbons (Fsp3) is 0.750. The summed E-state index contributed by atoms with van der Waals surface area (Å²) in [6.07, 6.45) is 23.0. The van der Waals surface area contributed by atoms with E-state index in [-0.39, 0.29) is 0 Å². The number of nitrogens with one attached hydrogen (secondary N) is 1. The van der Waals surface area contributed by atoms with Crippen molar-refractivity contribution >= 4 is 13.5 Å². The lowest BCUT2D eigenvalue weighted by Gasteiger charge is -2.28. The van der Waals surface area contributed by atoms with E-state index in [1.54, 1.807) is 0 Å². The zero-order chi connectivity index (χ0) is 17.0.